The van der Waals surface area contributed by atoms with Crippen molar-refractivity contribution in [2.45, 2.75) is 18.6 Å². The van der Waals surface area contributed by atoms with Crippen molar-refractivity contribution < 1.29 is 14.3 Å². The van der Waals surface area contributed by atoms with Crippen LogP contribution in [0.15, 0.2) is 24.5 Å². The molecule has 7 heteroatoms. The molecule has 2 saturated heterocycles. The molecule has 7 nitrogen and oxygen atoms in total. The summed E-state index contributed by atoms with van der Waals surface area (Å²) in [4.78, 5) is 35.4. The molecule has 1 N–H and O–H groups in total. The van der Waals surface area contributed by atoms with E-state index in [1.54, 1.807) is 29.2 Å². The number of aromatic nitrogens is 2. The third-order valence-corrected chi connectivity index (χ3v) is 4.73. The number of imidazole rings is 1. The van der Waals surface area contributed by atoms with Crippen molar-refractivity contribution in [2.75, 3.05) is 26.7 Å². The number of amides is 2. The summed E-state index contributed by atoms with van der Waals surface area (Å²) in [6.45, 7) is 1.45. The maximum Gasteiger partial charge on any atom is 0.254 e. The molecule has 2 aliphatic heterocycles. The predicted octanol–water partition coefficient (Wildman–Crippen LogP) is 0.635. The summed E-state index contributed by atoms with van der Waals surface area (Å²) in [5.74, 6) is 0.0321. The number of hydrogen-bond acceptors (Lipinski definition) is 4. The summed E-state index contributed by atoms with van der Waals surface area (Å²) < 4.78 is 5.77. The third-order valence-electron chi connectivity index (χ3n) is 4.73. The number of carbonyl (C=O) groups excluding carboxylic acids is 2. The largest absolute Gasteiger partial charge is 0.374 e. The number of rotatable bonds is 1. The van der Waals surface area contributed by atoms with Gasteiger partial charge in [-0.15, -0.1) is 0 Å². The Morgan fingerprint density at radius 3 is 3.13 bits per heavy atom. The number of likely N-dealkylation sites (tertiary alicyclic amines) is 1. The van der Waals surface area contributed by atoms with Crippen molar-refractivity contribution in [2.24, 2.45) is 0 Å². The Labute approximate surface area is 133 Å². The Bertz CT molecular complexity index is 772. The van der Waals surface area contributed by atoms with Crippen LogP contribution in [0.25, 0.3) is 11.0 Å². The third kappa shape index (κ3) is 2.37. The monoisotopic (exact) mass is 314 g/mol. The molecular weight excluding hydrogens is 296 g/mol. The van der Waals surface area contributed by atoms with Gasteiger partial charge in [0.25, 0.3) is 5.91 Å². The van der Waals surface area contributed by atoms with Gasteiger partial charge >= 0.3 is 0 Å². The van der Waals surface area contributed by atoms with Crippen LogP contribution < -0.4 is 0 Å². The quantitative estimate of drug-likeness (QED) is 0.837. The van der Waals surface area contributed by atoms with Crippen molar-refractivity contribution in [1.82, 2.24) is 19.8 Å². The summed E-state index contributed by atoms with van der Waals surface area (Å²) in [7, 11) is 1.79. The van der Waals surface area contributed by atoms with Crippen molar-refractivity contribution in [1.29, 1.82) is 0 Å². The molecule has 0 saturated carbocycles. The average molecular weight is 314 g/mol. The summed E-state index contributed by atoms with van der Waals surface area (Å²) in [5.41, 5.74) is 2.29. The first kappa shape index (κ1) is 14.2. The Morgan fingerprint density at radius 2 is 2.26 bits per heavy atom. The smallest absolute Gasteiger partial charge is 0.254 e. The zero-order chi connectivity index (χ0) is 16.0. The molecule has 2 amide bonds. The first-order valence-corrected chi connectivity index (χ1v) is 7.73. The van der Waals surface area contributed by atoms with Crippen molar-refractivity contribution in [3.05, 3.63) is 30.1 Å². The van der Waals surface area contributed by atoms with Crippen LogP contribution in [0.2, 0.25) is 0 Å². The molecule has 0 bridgehead atoms. The number of aromatic amines is 1. The van der Waals surface area contributed by atoms with E-state index in [1.807, 2.05) is 12.1 Å². The first-order chi connectivity index (χ1) is 11.1. The number of H-pyrrole nitrogens is 1. The number of ether oxygens (including phenoxy) is 1. The van der Waals surface area contributed by atoms with E-state index in [2.05, 4.69) is 9.97 Å². The molecule has 120 valence electrons. The van der Waals surface area contributed by atoms with Gasteiger partial charge in [0, 0.05) is 25.7 Å². The van der Waals surface area contributed by atoms with E-state index in [4.69, 9.17) is 4.74 Å². The van der Waals surface area contributed by atoms with E-state index in [-0.39, 0.29) is 24.0 Å². The second-order valence-corrected chi connectivity index (χ2v) is 6.08. The minimum atomic E-state index is -0.105. The lowest BCUT2D eigenvalue weighted by atomic mass is 10.2. The van der Waals surface area contributed by atoms with Gasteiger partial charge < -0.3 is 19.5 Å². The van der Waals surface area contributed by atoms with Gasteiger partial charge in [-0.05, 0) is 18.2 Å². The Kier molecular flexibility index (Phi) is 3.30. The second kappa shape index (κ2) is 5.34. The minimum absolute atomic E-state index is 0.0426. The number of fused-ring (bicyclic) bond motifs is 2. The van der Waals surface area contributed by atoms with Crippen LogP contribution in [0.3, 0.4) is 0 Å². The number of nitrogens with one attached hydrogen (secondary N) is 1. The van der Waals surface area contributed by atoms with Gasteiger partial charge in [-0.2, -0.15) is 0 Å². The second-order valence-electron chi connectivity index (χ2n) is 6.08. The maximum atomic E-state index is 12.8. The Hall–Kier alpha value is -2.41. The summed E-state index contributed by atoms with van der Waals surface area (Å²) in [6.07, 6.45) is 1.92. The van der Waals surface area contributed by atoms with Gasteiger partial charge in [0.15, 0.2) is 0 Å². The maximum absolute atomic E-state index is 12.8. The fraction of sp³-hybridized carbons (Fsp3) is 0.438. The van der Waals surface area contributed by atoms with Gasteiger partial charge in [0.05, 0.1) is 42.5 Å². The normalized spacial score (nSPS) is 24.8. The van der Waals surface area contributed by atoms with Gasteiger partial charge in [-0.3, -0.25) is 9.59 Å². The molecular formula is C16H18N4O3. The van der Waals surface area contributed by atoms with E-state index in [0.717, 1.165) is 11.0 Å². The molecule has 0 unspecified atom stereocenters. The Balaban J connectivity index is 1.56. The standard InChI is InChI=1S/C16H18N4O3/c1-19-13-7-20(8-14(13)23-5-4-15(19)21)16(22)10-2-3-11-12(6-10)18-9-17-11/h2-3,6,9,13-14H,4-5,7-8H2,1H3,(H,17,18)/t13-,14-/m0/s1. The lowest BCUT2D eigenvalue weighted by Crippen LogP contribution is -2.43. The van der Waals surface area contributed by atoms with E-state index >= 15 is 0 Å². The van der Waals surface area contributed by atoms with E-state index < -0.39 is 0 Å². The topological polar surface area (TPSA) is 78.5 Å². The molecule has 3 heterocycles. The van der Waals surface area contributed by atoms with E-state index in [1.165, 1.54) is 0 Å². The highest BCUT2D eigenvalue weighted by molar-refractivity contribution is 5.97. The molecule has 2 aromatic rings. The van der Waals surface area contributed by atoms with Crippen molar-refractivity contribution in [3.63, 3.8) is 0 Å². The molecule has 23 heavy (non-hydrogen) atoms. The number of carbonyl (C=O) groups is 2. The first-order valence-electron chi connectivity index (χ1n) is 7.73. The molecule has 2 aliphatic rings. The van der Waals surface area contributed by atoms with Gasteiger partial charge in [0.1, 0.15) is 0 Å². The lowest BCUT2D eigenvalue weighted by molar-refractivity contribution is -0.131. The van der Waals surface area contributed by atoms with Crippen molar-refractivity contribution in [3.8, 4) is 0 Å². The number of likely N-dealkylation sites (N-methyl/N-ethyl adjacent to an activating group) is 1. The average Bonchev–Trinajstić information content (AvgIpc) is 3.16. The summed E-state index contributed by atoms with van der Waals surface area (Å²) in [5, 5.41) is 0. The fourth-order valence-corrected chi connectivity index (χ4v) is 3.37. The summed E-state index contributed by atoms with van der Waals surface area (Å²) in [6, 6.07) is 5.37. The molecule has 0 aliphatic carbocycles. The fourth-order valence-electron chi connectivity index (χ4n) is 3.37. The van der Waals surface area contributed by atoms with Crippen LogP contribution in [0.1, 0.15) is 16.8 Å². The van der Waals surface area contributed by atoms with E-state index in [9.17, 15) is 9.59 Å². The highest BCUT2D eigenvalue weighted by Crippen LogP contribution is 2.24. The molecule has 0 spiro atoms. The van der Waals surface area contributed by atoms with Crippen LogP contribution in [-0.2, 0) is 9.53 Å². The molecule has 2 fully saturated rings. The van der Waals surface area contributed by atoms with Gasteiger partial charge in [0.2, 0.25) is 5.91 Å². The van der Waals surface area contributed by atoms with Gasteiger partial charge in [-0.1, -0.05) is 0 Å². The number of hydrogen-bond donors (Lipinski definition) is 1. The molecule has 1 aromatic carbocycles. The SMILES string of the molecule is CN1C(=O)CCO[C@H]2CN(C(=O)c3ccc4nc[nH]c4c3)C[C@@H]21. The van der Waals surface area contributed by atoms with E-state index in [0.29, 0.717) is 31.7 Å². The highest BCUT2D eigenvalue weighted by atomic mass is 16.5. The van der Waals surface area contributed by atoms with Crippen LogP contribution in [0.4, 0.5) is 0 Å². The van der Waals surface area contributed by atoms with Crippen LogP contribution in [0, 0.1) is 0 Å². The molecule has 1 aromatic heterocycles. The molecule has 2 atom stereocenters. The minimum Gasteiger partial charge on any atom is -0.374 e. The zero-order valence-electron chi connectivity index (χ0n) is 12.9. The lowest BCUT2D eigenvalue weighted by Gasteiger charge is -2.25. The summed E-state index contributed by atoms with van der Waals surface area (Å²) >= 11 is 0. The number of benzene rings is 1. The highest BCUT2D eigenvalue weighted by Gasteiger charge is 2.41. The predicted molar refractivity (Wildman–Crippen MR) is 82.9 cm³/mol. The van der Waals surface area contributed by atoms with Gasteiger partial charge in [-0.25, -0.2) is 4.98 Å². The van der Waals surface area contributed by atoms with Crippen LogP contribution in [-0.4, -0.2) is 70.5 Å². The number of nitrogens with zero attached hydrogens (tertiary/aromatic N) is 3. The van der Waals surface area contributed by atoms with Crippen LogP contribution >= 0.6 is 0 Å². The molecule has 0 radical (unpaired) electrons. The zero-order valence-corrected chi connectivity index (χ0v) is 12.9. The van der Waals surface area contributed by atoms with Crippen molar-refractivity contribution >= 4 is 22.8 Å². The van der Waals surface area contributed by atoms with Crippen LogP contribution in [0.5, 0.6) is 0 Å². The molecule has 4 rings (SSSR count). The Morgan fingerprint density at radius 1 is 1.39 bits per heavy atom.